The Labute approximate surface area is 186 Å². The maximum atomic E-state index is 13.5. The maximum Gasteiger partial charge on any atom is 0.155 e. The Hall–Kier alpha value is -3.32. The van der Waals surface area contributed by atoms with Crippen LogP contribution in [0.3, 0.4) is 0 Å². The third-order valence-corrected chi connectivity index (χ3v) is 7.02. The van der Waals surface area contributed by atoms with E-state index >= 15 is 0 Å². The summed E-state index contributed by atoms with van der Waals surface area (Å²) in [6.07, 6.45) is 7.21. The van der Waals surface area contributed by atoms with Crippen molar-refractivity contribution in [2.24, 2.45) is 5.41 Å². The molecule has 6 rings (SSSR count). The van der Waals surface area contributed by atoms with Gasteiger partial charge in [0, 0.05) is 43.2 Å². The molecule has 3 aromatic heterocycles. The molecular weight excluding hydrogens is 403 g/mol. The molecule has 2 saturated heterocycles. The first-order valence-electron chi connectivity index (χ1n) is 11.2. The minimum atomic E-state index is -0.260. The van der Waals surface area contributed by atoms with E-state index in [4.69, 9.17) is 10.1 Å². The number of hydrogen-bond acceptors (Lipinski definition) is 5. The molecule has 7 heteroatoms. The van der Waals surface area contributed by atoms with E-state index in [-0.39, 0.29) is 5.82 Å². The molecule has 0 radical (unpaired) electrons. The third kappa shape index (κ3) is 3.33. The van der Waals surface area contributed by atoms with Gasteiger partial charge in [0.15, 0.2) is 5.65 Å². The first kappa shape index (κ1) is 19.4. The van der Waals surface area contributed by atoms with Gasteiger partial charge in [-0.3, -0.25) is 4.98 Å². The van der Waals surface area contributed by atoms with Crippen LogP contribution >= 0.6 is 0 Å². The van der Waals surface area contributed by atoms with Crippen LogP contribution in [-0.4, -0.2) is 45.8 Å². The minimum absolute atomic E-state index is 0.260. The number of benzene rings is 1. The highest BCUT2D eigenvalue weighted by molar-refractivity contribution is 5.81. The van der Waals surface area contributed by atoms with E-state index in [2.05, 4.69) is 21.3 Å². The van der Waals surface area contributed by atoms with Gasteiger partial charge in [0.1, 0.15) is 17.3 Å². The fraction of sp³-hybridized carbons (Fsp3) is 0.320. The van der Waals surface area contributed by atoms with Gasteiger partial charge < -0.3 is 10.2 Å². The maximum absolute atomic E-state index is 13.5. The predicted octanol–water partition coefficient (Wildman–Crippen LogP) is 4.18. The number of nitrogens with one attached hydrogen (secondary N) is 1. The van der Waals surface area contributed by atoms with Gasteiger partial charge in [-0.25, -0.2) is 13.9 Å². The molecule has 4 aromatic rings. The number of rotatable bonds is 3. The first-order chi connectivity index (χ1) is 15.7. The smallest absolute Gasteiger partial charge is 0.155 e. The minimum Gasteiger partial charge on any atom is -0.355 e. The lowest BCUT2D eigenvalue weighted by Gasteiger charge is -2.39. The van der Waals surface area contributed by atoms with E-state index in [0.29, 0.717) is 5.41 Å². The number of halogens is 1. The summed E-state index contributed by atoms with van der Waals surface area (Å²) in [4.78, 5) is 11.4. The second-order valence-corrected chi connectivity index (χ2v) is 8.93. The van der Waals surface area contributed by atoms with E-state index in [0.717, 1.165) is 60.2 Å². The molecule has 2 aliphatic rings. The van der Waals surface area contributed by atoms with Gasteiger partial charge in [0.25, 0.3) is 0 Å². The summed E-state index contributed by atoms with van der Waals surface area (Å²) in [6.45, 7) is 4.32. The Morgan fingerprint density at radius 1 is 0.875 bits per heavy atom. The van der Waals surface area contributed by atoms with Crippen molar-refractivity contribution in [1.82, 2.24) is 24.9 Å². The average Bonchev–Trinajstić information content (AvgIpc) is 3.45. The summed E-state index contributed by atoms with van der Waals surface area (Å²) in [5, 5.41) is 8.56. The topological polar surface area (TPSA) is 58.4 Å². The van der Waals surface area contributed by atoms with Gasteiger partial charge in [-0.1, -0.05) is 0 Å². The normalized spacial score (nSPS) is 18.0. The number of fused-ring (bicyclic) bond motifs is 1. The number of anilines is 1. The number of piperidine rings is 1. The van der Waals surface area contributed by atoms with Crippen LogP contribution in [0.4, 0.5) is 10.2 Å². The molecule has 0 aliphatic carbocycles. The van der Waals surface area contributed by atoms with Crippen LogP contribution in [0, 0.1) is 11.2 Å². The molecule has 2 fully saturated rings. The Balaban J connectivity index is 1.42. The third-order valence-electron chi connectivity index (χ3n) is 7.02. The molecule has 0 bridgehead atoms. The molecular formula is C25H25FN6. The zero-order valence-corrected chi connectivity index (χ0v) is 17.8. The summed E-state index contributed by atoms with van der Waals surface area (Å²) in [5.74, 6) is 0.709. The molecule has 6 nitrogen and oxygen atoms in total. The number of imidazole rings is 1. The van der Waals surface area contributed by atoms with Crippen LogP contribution in [0.25, 0.3) is 28.2 Å². The standard InChI is InChI=1S/C25H25FN6/c26-20-3-1-18(2-4-20)23-24(19-7-12-27-13-8-19)32-21(29-23)5-6-22(30-32)31-15-10-25(11-16-31)9-14-28-17-25/h1-8,12-13,28H,9-11,14-17H2. The van der Waals surface area contributed by atoms with Crippen molar-refractivity contribution in [1.29, 1.82) is 0 Å². The van der Waals surface area contributed by atoms with E-state index in [1.807, 2.05) is 22.7 Å². The highest BCUT2D eigenvalue weighted by Crippen LogP contribution is 2.38. The molecule has 0 unspecified atom stereocenters. The summed E-state index contributed by atoms with van der Waals surface area (Å²) in [5.41, 5.74) is 4.76. The molecule has 32 heavy (non-hydrogen) atoms. The quantitative estimate of drug-likeness (QED) is 0.531. The van der Waals surface area contributed by atoms with E-state index in [1.165, 1.54) is 31.4 Å². The fourth-order valence-electron chi connectivity index (χ4n) is 5.10. The van der Waals surface area contributed by atoms with Crippen molar-refractivity contribution >= 4 is 11.5 Å². The van der Waals surface area contributed by atoms with E-state index in [9.17, 15) is 4.39 Å². The molecule has 1 aromatic carbocycles. The van der Waals surface area contributed by atoms with Gasteiger partial charge in [0.2, 0.25) is 0 Å². The van der Waals surface area contributed by atoms with Crippen molar-refractivity contribution in [3.63, 3.8) is 0 Å². The lowest BCUT2D eigenvalue weighted by atomic mass is 9.78. The molecule has 1 N–H and O–H groups in total. The zero-order chi connectivity index (χ0) is 21.5. The first-order valence-corrected chi connectivity index (χ1v) is 11.2. The molecule has 2 aliphatic heterocycles. The number of pyridine rings is 1. The number of hydrogen-bond donors (Lipinski definition) is 1. The second-order valence-electron chi connectivity index (χ2n) is 8.93. The van der Waals surface area contributed by atoms with Crippen molar-refractivity contribution in [2.45, 2.75) is 19.3 Å². The molecule has 5 heterocycles. The predicted molar refractivity (Wildman–Crippen MR) is 123 cm³/mol. The van der Waals surface area contributed by atoms with Crippen molar-refractivity contribution in [3.8, 4) is 22.5 Å². The van der Waals surface area contributed by atoms with Crippen molar-refractivity contribution in [2.75, 3.05) is 31.1 Å². The van der Waals surface area contributed by atoms with Crippen LogP contribution in [0.5, 0.6) is 0 Å². The van der Waals surface area contributed by atoms with Gasteiger partial charge in [-0.2, -0.15) is 0 Å². The van der Waals surface area contributed by atoms with E-state index < -0.39 is 0 Å². The van der Waals surface area contributed by atoms with Crippen LogP contribution in [0.15, 0.2) is 60.9 Å². The average molecular weight is 429 g/mol. The van der Waals surface area contributed by atoms with Crippen LogP contribution in [0.2, 0.25) is 0 Å². The molecule has 0 atom stereocenters. The number of aromatic nitrogens is 4. The van der Waals surface area contributed by atoms with Crippen LogP contribution < -0.4 is 10.2 Å². The largest absolute Gasteiger partial charge is 0.355 e. The van der Waals surface area contributed by atoms with Crippen LogP contribution in [0.1, 0.15) is 19.3 Å². The van der Waals surface area contributed by atoms with Gasteiger partial charge in [0.05, 0.1) is 5.69 Å². The molecule has 0 amide bonds. The summed E-state index contributed by atoms with van der Waals surface area (Å²) >= 11 is 0. The Bertz CT molecular complexity index is 1230. The summed E-state index contributed by atoms with van der Waals surface area (Å²) < 4.78 is 15.5. The monoisotopic (exact) mass is 428 g/mol. The lowest BCUT2D eigenvalue weighted by molar-refractivity contribution is 0.247. The SMILES string of the molecule is Fc1ccc(-c2nc3ccc(N4CCC5(CCNC5)CC4)nn3c2-c2ccncc2)cc1. The molecule has 1 spiro atoms. The number of nitrogens with zero attached hydrogens (tertiary/aromatic N) is 5. The lowest BCUT2D eigenvalue weighted by Crippen LogP contribution is -2.41. The fourth-order valence-corrected chi connectivity index (χ4v) is 5.10. The zero-order valence-electron chi connectivity index (χ0n) is 17.8. The molecule has 0 saturated carbocycles. The highest BCUT2D eigenvalue weighted by Gasteiger charge is 2.37. The van der Waals surface area contributed by atoms with Crippen molar-refractivity contribution in [3.05, 3.63) is 66.7 Å². The second kappa shape index (κ2) is 7.67. The van der Waals surface area contributed by atoms with Gasteiger partial charge in [-0.15, -0.1) is 5.10 Å². The van der Waals surface area contributed by atoms with Crippen LogP contribution in [-0.2, 0) is 0 Å². The molecule has 162 valence electrons. The van der Waals surface area contributed by atoms with Crippen molar-refractivity contribution < 1.29 is 4.39 Å². The highest BCUT2D eigenvalue weighted by atomic mass is 19.1. The summed E-state index contributed by atoms with van der Waals surface area (Å²) in [7, 11) is 0. The Morgan fingerprint density at radius 3 is 2.38 bits per heavy atom. The summed E-state index contributed by atoms with van der Waals surface area (Å²) in [6, 6.07) is 14.5. The van der Waals surface area contributed by atoms with E-state index in [1.54, 1.807) is 24.5 Å². The van der Waals surface area contributed by atoms with Gasteiger partial charge >= 0.3 is 0 Å². The van der Waals surface area contributed by atoms with Gasteiger partial charge in [-0.05, 0) is 79.8 Å². The Kier molecular flexibility index (Phi) is 4.64. The Morgan fingerprint density at radius 2 is 1.66 bits per heavy atom.